The molecule has 0 unspecified atom stereocenters. The maximum Gasteiger partial charge on any atom is 0.230 e. The summed E-state index contributed by atoms with van der Waals surface area (Å²) in [4.78, 5) is 16.4. The second-order valence-electron chi connectivity index (χ2n) is 4.59. The highest BCUT2D eigenvalue weighted by atomic mass is 16.1. The number of hydrogen-bond donors (Lipinski definition) is 1. The number of aliphatic imine (C=N–C) groups is 1. The van der Waals surface area contributed by atoms with Crippen LogP contribution in [-0.4, -0.2) is 11.6 Å². The minimum Gasteiger partial charge on any atom is -0.324 e. The van der Waals surface area contributed by atoms with E-state index in [9.17, 15) is 4.79 Å². The molecule has 0 saturated carbocycles. The molecule has 2 aromatic carbocycles. The summed E-state index contributed by atoms with van der Waals surface area (Å²) >= 11 is 0. The van der Waals surface area contributed by atoms with E-state index in [1.807, 2.05) is 66.7 Å². The number of carbonyl (C=O) groups is 1. The van der Waals surface area contributed by atoms with E-state index in [4.69, 9.17) is 0 Å². The standard InChI is InChI=1S/C17H14N2O/c20-17-12-14(11-10-13-6-2-1-3-7-13)18-15-8-4-5-9-16(15)19-17/h1-11H,12H2,(H,19,20). The molecule has 0 bridgehead atoms. The van der Waals surface area contributed by atoms with Crippen molar-refractivity contribution in [3.05, 3.63) is 66.2 Å². The van der Waals surface area contributed by atoms with Gasteiger partial charge in [-0.05, 0) is 23.8 Å². The highest BCUT2D eigenvalue weighted by Gasteiger charge is 2.13. The van der Waals surface area contributed by atoms with E-state index in [0.717, 1.165) is 22.6 Å². The summed E-state index contributed by atoms with van der Waals surface area (Å²) in [6.07, 6.45) is 4.16. The highest BCUT2D eigenvalue weighted by Crippen LogP contribution is 2.27. The molecule has 0 radical (unpaired) electrons. The molecule has 20 heavy (non-hydrogen) atoms. The fraction of sp³-hybridized carbons (Fsp3) is 0.0588. The van der Waals surface area contributed by atoms with Crippen molar-refractivity contribution in [1.82, 2.24) is 0 Å². The van der Waals surface area contributed by atoms with E-state index in [1.54, 1.807) is 0 Å². The first-order valence-electron chi connectivity index (χ1n) is 6.51. The van der Waals surface area contributed by atoms with Crippen LogP contribution in [0.2, 0.25) is 0 Å². The molecule has 3 nitrogen and oxygen atoms in total. The molecule has 0 atom stereocenters. The zero-order valence-electron chi connectivity index (χ0n) is 10.9. The van der Waals surface area contributed by atoms with Gasteiger partial charge in [-0.25, -0.2) is 0 Å². The predicted molar refractivity (Wildman–Crippen MR) is 82.3 cm³/mol. The lowest BCUT2D eigenvalue weighted by molar-refractivity contribution is -0.115. The largest absolute Gasteiger partial charge is 0.324 e. The van der Waals surface area contributed by atoms with Gasteiger partial charge in [0.15, 0.2) is 0 Å². The summed E-state index contributed by atoms with van der Waals surface area (Å²) in [6.45, 7) is 0. The molecule has 1 heterocycles. The van der Waals surface area contributed by atoms with Crippen LogP contribution >= 0.6 is 0 Å². The van der Waals surface area contributed by atoms with Crippen LogP contribution in [0.15, 0.2) is 65.7 Å². The van der Waals surface area contributed by atoms with Gasteiger partial charge in [0.2, 0.25) is 5.91 Å². The molecular formula is C17H14N2O. The predicted octanol–water partition coefficient (Wildman–Crippen LogP) is 3.81. The number of carbonyl (C=O) groups excluding carboxylic acids is 1. The Balaban J connectivity index is 1.91. The average molecular weight is 262 g/mol. The number of nitrogens with zero attached hydrogens (tertiary/aromatic N) is 1. The maximum absolute atomic E-state index is 11.8. The Labute approximate surface area is 117 Å². The van der Waals surface area contributed by atoms with Gasteiger partial charge in [-0.1, -0.05) is 48.5 Å². The molecule has 1 amide bonds. The normalized spacial score (nSPS) is 14.4. The first-order valence-corrected chi connectivity index (χ1v) is 6.51. The van der Waals surface area contributed by atoms with Gasteiger partial charge in [0, 0.05) is 0 Å². The molecule has 0 saturated heterocycles. The fourth-order valence-corrected chi connectivity index (χ4v) is 2.08. The van der Waals surface area contributed by atoms with E-state index < -0.39 is 0 Å². The Kier molecular flexibility index (Phi) is 3.42. The second-order valence-corrected chi connectivity index (χ2v) is 4.59. The third kappa shape index (κ3) is 2.83. The number of benzene rings is 2. The van der Waals surface area contributed by atoms with Crippen molar-refractivity contribution in [2.45, 2.75) is 6.42 Å². The van der Waals surface area contributed by atoms with Crippen LogP contribution < -0.4 is 5.32 Å². The molecule has 1 N–H and O–H groups in total. The van der Waals surface area contributed by atoms with Gasteiger partial charge in [0.25, 0.3) is 0 Å². The van der Waals surface area contributed by atoms with E-state index in [1.165, 1.54) is 0 Å². The molecule has 0 fully saturated rings. The van der Waals surface area contributed by atoms with Crippen LogP contribution in [0.4, 0.5) is 11.4 Å². The summed E-state index contributed by atoms with van der Waals surface area (Å²) in [5, 5.41) is 2.86. The van der Waals surface area contributed by atoms with Crippen LogP contribution in [0.5, 0.6) is 0 Å². The summed E-state index contributed by atoms with van der Waals surface area (Å²) < 4.78 is 0. The minimum atomic E-state index is -0.0357. The lowest BCUT2D eigenvalue weighted by Crippen LogP contribution is -2.13. The average Bonchev–Trinajstić information content (AvgIpc) is 2.63. The molecule has 3 heteroatoms. The van der Waals surface area contributed by atoms with Crippen LogP contribution in [0.1, 0.15) is 12.0 Å². The molecule has 2 aromatic rings. The topological polar surface area (TPSA) is 41.5 Å². The zero-order chi connectivity index (χ0) is 13.8. The van der Waals surface area contributed by atoms with Crippen molar-refractivity contribution in [3.63, 3.8) is 0 Å². The number of rotatable bonds is 2. The van der Waals surface area contributed by atoms with E-state index in [0.29, 0.717) is 0 Å². The number of nitrogens with one attached hydrogen (secondary N) is 1. The summed E-state index contributed by atoms with van der Waals surface area (Å²) in [7, 11) is 0. The monoisotopic (exact) mass is 262 g/mol. The number of anilines is 1. The van der Waals surface area contributed by atoms with Gasteiger partial charge in [-0.15, -0.1) is 0 Å². The van der Waals surface area contributed by atoms with Gasteiger partial charge in [-0.3, -0.25) is 9.79 Å². The Morgan fingerprint density at radius 2 is 1.70 bits per heavy atom. The fourth-order valence-electron chi connectivity index (χ4n) is 2.08. The van der Waals surface area contributed by atoms with Crippen molar-refractivity contribution < 1.29 is 4.79 Å². The molecule has 98 valence electrons. The zero-order valence-corrected chi connectivity index (χ0v) is 10.9. The lowest BCUT2D eigenvalue weighted by atomic mass is 10.1. The van der Waals surface area contributed by atoms with Crippen molar-refractivity contribution in [3.8, 4) is 0 Å². The van der Waals surface area contributed by atoms with Crippen LogP contribution in [0, 0.1) is 0 Å². The van der Waals surface area contributed by atoms with Gasteiger partial charge in [0.05, 0.1) is 23.5 Å². The van der Waals surface area contributed by atoms with Crippen LogP contribution in [0.3, 0.4) is 0 Å². The number of hydrogen-bond acceptors (Lipinski definition) is 2. The first kappa shape index (κ1) is 12.4. The van der Waals surface area contributed by atoms with E-state index in [2.05, 4.69) is 10.3 Å². The first-order chi connectivity index (χ1) is 9.81. The SMILES string of the molecule is O=C1CC(C=Cc2ccccc2)=Nc2ccccc2N1. The second kappa shape index (κ2) is 5.53. The van der Waals surface area contributed by atoms with Crippen LogP contribution in [0.25, 0.3) is 6.08 Å². The smallest absolute Gasteiger partial charge is 0.230 e. The van der Waals surface area contributed by atoms with Crippen molar-refractivity contribution in [2.75, 3.05) is 5.32 Å². The van der Waals surface area contributed by atoms with Gasteiger partial charge >= 0.3 is 0 Å². The number of allylic oxidation sites excluding steroid dienone is 1. The Hall–Kier alpha value is -2.68. The molecule has 3 rings (SSSR count). The summed E-state index contributed by atoms with van der Waals surface area (Å²) in [5.41, 5.74) is 3.41. The number of para-hydroxylation sites is 2. The Bertz CT molecular complexity index is 687. The highest BCUT2D eigenvalue weighted by molar-refractivity contribution is 6.15. The third-order valence-corrected chi connectivity index (χ3v) is 3.05. The Morgan fingerprint density at radius 3 is 2.55 bits per heavy atom. The quantitative estimate of drug-likeness (QED) is 0.878. The maximum atomic E-state index is 11.8. The van der Waals surface area contributed by atoms with Gasteiger partial charge in [0.1, 0.15) is 0 Å². The van der Waals surface area contributed by atoms with Crippen molar-refractivity contribution >= 4 is 29.1 Å². The summed E-state index contributed by atoms with van der Waals surface area (Å²) in [5.74, 6) is -0.0357. The summed E-state index contributed by atoms with van der Waals surface area (Å²) in [6, 6.07) is 17.5. The lowest BCUT2D eigenvalue weighted by Gasteiger charge is -2.02. The van der Waals surface area contributed by atoms with E-state index in [-0.39, 0.29) is 12.3 Å². The molecule has 0 aromatic heterocycles. The van der Waals surface area contributed by atoms with E-state index >= 15 is 0 Å². The van der Waals surface area contributed by atoms with Crippen LogP contribution in [-0.2, 0) is 4.79 Å². The third-order valence-electron chi connectivity index (χ3n) is 3.05. The molecule has 1 aliphatic rings. The number of amides is 1. The van der Waals surface area contributed by atoms with Crippen molar-refractivity contribution in [1.29, 1.82) is 0 Å². The molecule has 1 aliphatic heterocycles. The van der Waals surface area contributed by atoms with Crippen molar-refractivity contribution in [2.24, 2.45) is 4.99 Å². The number of fused-ring (bicyclic) bond motifs is 1. The van der Waals surface area contributed by atoms with Gasteiger partial charge in [-0.2, -0.15) is 0 Å². The Morgan fingerprint density at radius 1 is 0.950 bits per heavy atom. The molecular weight excluding hydrogens is 248 g/mol. The molecule has 0 aliphatic carbocycles. The van der Waals surface area contributed by atoms with Gasteiger partial charge < -0.3 is 5.32 Å². The molecule has 0 spiro atoms. The minimum absolute atomic E-state index is 0.0357.